The van der Waals surface area contributed by atoms with Gasteiger partial charge in [0, 0.05) is 17.1 Å². The molecule has 5 heteroatoms. The Labute approximate surface area is 120 Å². The van der Waals surface area contributed by atoms with Crippen LogP contribution in [-0.2, 0) is 9.53 Å². The number of hydrogen-bond acceptors (Lipinski definition) is 4. The van der Waals surface area contributed by atoms with Crippen LogP contribution in [0.1, 0.15) is 20.3 Å². The zero-order valence-electron chi connectivity index (χ0n) is 10.9. The number of carbonyl (C=O) groups excluding carboxylic acids is 1. The van der Waals surface area contributed by atoms with Gasteiger partial charge >= 0.3 is 5.97 Å². The first-order chi connectivity index (χ1) is 9.08. The standard InChI is InChI=1S/C14H16BrNO3/c1-3-13(17)12(14(18)19-4-2)9-16-11-7-5-10(15)6-8-11/h5-9,17H,3-4H2,1-2H3. The van der Waals surface area contributed by atoms with E-state index in [1.54, 1.807) is 26.0 Å². The lowest BCUT2D eigenvalue weighted by Crippen LogP contribution is -2.11. The molecule has 0 amide bonds. The summed E-state index contributed by atoms with van der Waals surface area (Å²) in [4.78, 5) is 15.8. The highest BCUT2D eigenvalue weighted by molar-refractivity contribution is 9.10. The Balaban J connectivity index is 2.95. The van der Waals surface area contributed by atoms with Crippen molar-refractivity contribution in [1.29, 1.82) is 0 Å². The lowest BCUT2D eigenvalue weighted by Gasteiger charge is -2.04. The van der Waals surface area contributed by atoms with Crippen LogP contribution in [0.25, 0.3) is 0 Å². The van der Waals surface area contributed by atoms with E-state index in [-0.39, 0.29) is 17.9 Å². The van der Waals surface area contributed by atoms with Crippen molar-refractivity contribution in [2.75, 3.05) is 6.61 Å². The topological polar surface area (TPSA) is 58.9 Å². The average molecular weight is 326 g/mol. The van der Waals surface area contributed by atoms with Crippen LogP contribution in [0.15, 0.2) is 45.1 Å². The van der Waals surface area contributed by atoms with E-state index >= 15 is 0 Å². The molecular weight excluding hydrogens is 310 g/mol. The molecule has 0 spiro atoms. The summed E-state index contributed by atoms with van der Waals surface area (Å²) in [5.74, 6) is -0.595. The number of aliphatic hydroxyl groups is 1. The number of ether oxygens (including phenoxy) is 1. The maximum atomic E-state index is 11.7. The number of hydrogen-bond donors (Lipinski definition) is 1. The van der Waals surface area contributed by atoms with Gasteiger partial charge in [-0.05, 0) is 31.2 Å². The zero-order valence-corrected chi connectivity index (χ0v) is 12.5. The highest BCUT2D eigenvalue weighted by Crippen LogP contribution is 2.17. The minimum absolute atomic E-state index is 0.0284. The molecule has 1 aromatic rings. The van der Waals surface area contributed by atoms with Crippen molar-refractivity contribution in [1.82, 2.24) is 0 Å². The fourth-order valence-corrected chi connectivity index (χ4v) is 1.57. The normalized spacial score (nSPS) is 12.4. The fraction of sp³-hybridized carbons (Fsp3) is 0.286. The zero-order chi connectivity index (χ0) is 14.3. The molecule has 4 nitrogen and oxygen atoms in total. The van der Waals surface area contributed by atoms with Crippen molar-refractivity contribution in [2.24, 2.45) is 4.99 Å². The van der Waals surface area contributed by atoms with E-state index in [9.17, 15) is 9.90 Å². The monoisotopic (exact) mass is 325 g/mol. The van der Waals surface area contributed by atoms with Crippen LogP contribution < -0.4 is 0 Å². The molecule has 0 bridgehead atoms. The smallest absolute Gasteiger partial charge is 0.343 e. The molecule has 0 heterocycles. The molecule has 0 aliphatic carbocycles. The summed E-state index contributed by atoms with van der Waals surface area (Å²) in [6.07, 6.45) is 1.68. The van der Waals surface area contributed by atoms with E-state index in [1.807, 2.05) is 12.1 Å². The third-order valence-corrected chi connectivity index (χ3v) is 2.84. The van der Waals surface area contributed by atoms with Crippen LogP contribution in [0.2, 0.25) is 0 Å². The average Bonchev–Trinajstić information content (AvgIpc) is 2.41. The van der Waals surface area contributed by atoms with Crippen molar-refractivity contribution in [3.63, 3.8) is 0 Å². The van der Waals surface area contributed by atoms with Crippen LogP contribution in [-0.4, -0.2) is 23.9 Å². The molecule has 0 atom stereocenters. The predicted octanol–water partition coefficient (Wildman–Crippen LogP) is 3.94. The number of benzene rings is 1. The molecule has 0 fully saturated rings. The van der Waals surface area contributed by atoms with Crippen LogP contribution in [0.4, 0.5) is 5.69 Å². The molecular formula is C14H16BrNO3. The van der Waals surface area contributed by atoms with Crippen molar-refractivity contribution in [3.8, 4) is 0 Å². The Bertz CT molecular complexity index is 492. The first-order valence-corrected chi connectivity index (χ1v) is 6.76. The van der Waals surface area contributed by atoms with Crippen LogP contribution in [0.3, 0.4) is 0 Å². The second-order valence-corrected chi connectivity index (χ2v) is 4.58. The first kappa shape index (κ1) is 15.4. The number of esters is 1. The van der Waals surface area contributed by atoms with Crippen molar-refractivity contribution < 1.29 is 14.6 Å². The Morgan fingerprint density at radius 3 is 2.53 bits per heavy atom. The van der Waals surface area contributed by atoms with Gasteiger partial charge in [-0.15, -0.1) is 0 Å². The van der Waals surface area contributed by atoms with Crippen molar-refractivity contribution in [2.45, 2.75) is 20.3 Å². The minimum atomic E-state index is -0.567. The van der Waals surface area contributed by atoms with Gasteiger partial charge in [0.05, 0.1) is 12.3 Å². The Hall–Kier alpha value is -1.62. The first-order valence-electron chi connectivity index (χ1n) is 5.97. The molecule has 0 aromatic heterocycles. The summed E-state index contributed by atoms with van der Waals surface area (Å²) in [6.45, 7) is 3.72. The Morgan fingerprint density at radius 2 is 2.00 bits per heavy atom. The maximum absolute atomic E-state index is 11.7. The number of aliphatic imine (C=N–C) groups is 1. The minimum Gasteiger partial charge on any atom is -0.511 e. The molecule has 1 rings (SSSR count). The molecule has 0 radical (unpaired) electrons. The van der Waals surface area contributed by atoms with Gasteiger partial charge in [-0.2, -0.15) is 0 Å². The number of halogens is 1. The second-order valence-electron chi connectivity index (χ2n) is 3.67. The van der Waals surface area contributed by atoms with Gasteiger partial charge in [0.25, 0.3) is 0 Å². The molecule has 0 saturated heterocycles. The number of aliphatic hydroxyl groups excluding tert-OH is 1. The van der Waals surface area contributed by atoms with E-state index in [2.05, 4.69) is 20.9 Å². The molecule has 0 aliphatic heterocycles. The third kappa shape index (κ3) is 4.87. The molecule has 19 heavy (non-hydrogen) atoms. The molecule has 102 valence electrons. The van der Waals surface area contributed by atoms with Crippen LogP contribution in [0, 0.1) is 0 Å². The Kier molecular flexibility index (Phi) is 6.29. The quantitative estimate of drug-likeness (QED) is 0.386. The summed E-state index contributed by atoms with van der Waals surface area (Å²) >= 11 is 3.33. The summed E-state index contributed by atoms with van der Waals surface area (Å²) in [6, 6.07) is 7.29. The number of allylic oxidation sites excluding steroid dienone is 1. The molecule has 0 saturated carbocycles. The van der Waals surface area contributed by atoms with E-state index in [4.69, 9.17) is 4.74 Å². The van der Waals surface area contributed by atoms with Gasteiger partial charge in [-0.25, -0.2) is 4.79 Å². The largest absolute Gasteiger partial charge is 0.511 e. The van der Waals surface area contributed by atoms with E-state index < -0.39 is 5.97 Å². The van der Waals surface area contributed by atoms with Gasteiger partial charge in [0.2, 0.25) is 0 Å². The maximum Gasteiger partial charge on any atom is 0.343 e. The van der Waals surface area contributed by atoms with E-state index in [1.165, 1.54) is 6.21 Å². The van der Waals surface area contributed by atoms with E-state index in [0.29, 0.717) is 12.1 Å². The second kappa shape index (κ2) is 7.74. The molecule has 1 N–H and O–H groups in total. The SMILES string of the molecule is CCOC(=O)C(C=Nc1ccc(Br)cc1)=C(O)CC. The number of carbonyl (C=O) groups is 1. The summed E-state index contributed by atoms with van der Waals surface area (Å²) in [5, 5.41) is 9.72. The number of rotatable bonds is 5. The molecule has 0 aliphatic rings. The summed E-state index contributed by atoms with van der Waals surface area (Å²) < 4.78 is 5.83. The van der Waals surface area contributed by atoms with Gasteiger partial charge < -0.3 is 9.84 Å². The Morgan fingerprint density at radius 1 is 1.37 bits per heavy atom. The molecule has 1 aromatic carbocycles. The fourth-order valence-electron chi connectivity index (χ4n) is 1.31. The number of nitrogens with zero attached hydrogens (tertiary/aromatic N) is 1. The lowest BCUT2D eigenvalue weighted by molar-refractivity contribution is -0.138. The summed E-state index contributed by atoms with van der Waals surface area (Å²) in [5.41, 5.74) is 0.779. The highest BCUT2D eigenvalue weighted by Gasteiger charge is 2.13. The van der Waals surface area contributed by atoms with Crippen LogP contribution in [0.5, 0.6) is 0 Å². The highest BCUT2D eigenvalue weighted by atomic mass is 79.9. The van der Waals surface area contributed by atoms with Gasteiger partial charge in [0.15, 0.2) is 0 Å². The third-order valence-electron chi connectivity index (χ3n) is 2.31. The van der Waals surface area contributed by atoms with Crippen molar-refractivity contribution >= 4 is 33.8 Å². The molecule has 0 unspecified atom stereocenters. The van der Waals surface area contributed by atoms with Gasteiger partial charge in [0.1, 0.15) is 11.3 Å². The lowest BCUT2D eigenvalue weighted by atomic mass is 10.2. The summed E-state index contributed by atoms with van der Waals surface area (Å²) in [7, 11) is 0. The van der Waals surface area contributed by atoms with E-state index in [0.717, 1.165) is 4.47 Å². The van der Waals surface area contributed by atoms with Crippen molar-refractivity contribution in [3.05, 3.63) is 40.1 Å². The van der Waals surface area contributed by atoms with Crippen LogP contribution >= 0.6 is 15.9 Å². The van der Waals surface area contributed by atoms with Gasteiger partial charge in [-0.3, -0.25) is 4.99 Å². The van der Waals surface area contributed by atoms with Gasteiger partial charge in [-0.1, -0.05) is 22.9 Å². The predicted molar refractivity (Wildman–Crippen MR) is 78.9 cm³/mol.